The minimum Gasteiger partial charge on any atom is -0.372 e. The predicted molar refractivity (Wildman–Crippen MR) is 109 cm³/mol. The first kappa shape index (κ1) is 19.3. The van der Waals surface area contributed by atoms with E-state index in [-0.39, 0.29) is 11.4 Å². The molecule has 0 spiro atoms. The lowest BCUT2D eigenvalue weighted by Crippen LogP contribution is -2.22. The van der Waals surface area contributed by atoms with Gasteiger partial charge >= 0.3 is 0 Å². The molecule has 0 unspecified atom stereocenters. The Labute approximate surface area is 170 Å². The first-order valence-corrected chi connectivity index (χ1v) is 9.15. The fraction of sp³-hybridized carbons (Fsp3) is 0.158. The van der Waals surface area contributed by atoms with Crippen LogP contribution in [-0.4, -0.2) is 27.2 Å². The molecule has 27 heavy (non-hydrogen) atoms. The molecule has 0 saturated carbocycles. The molecule has 0 aliphatic carbocycles. The largest absolute Gasteiger partial charge is 0.372 e. The lowest BCUT2D eigenvalue weighted by Gasteiger charge is -2.23. The third-order valence-corrected chi connectivity index (χ3v) is 4.39. The number of hydrogen-bond donors (Lipinski definition) is 2. The molecule has 1 amide bonds. The van der Waals surface area contributed by atoms with Crippen molar-refractivity contribution < 1.29 is 13.9 Å². The van der Waals surface area contributed by atoms with E-state index >= 15 is 0 Å². The molecule has 1 aliphatic rings. The Morgan fingerprint density at radius 1 is 1.33 bits per heavy atom. The summed E-state index contributed by atoms with van der Waals surface area (Å²) < 4.78 is 21.1. The molecule has 1 aromatic heterocycles. The number of halogens is 2. The van der Waals surface area contributed by atoms with Crippen LogP contribution in [-0.2, 0) is 11.3 Å². The van der Waals surface area contributed by atoms with Gasteiger partial charge in [-0.25, -0.2) is 9.37 Å². The molecule has 140 valence electrons. The number of benzene rings is 1. The summed E-state index contributed by atoms with van der Waals surface area (Å²) in [7, 11) is 0. The number of primary amides is 1. The Balaban J connectivity index is 1.67. The number of ether oxygens (including phenoxy) is 1. The van der Waals surface area contributed by atoms with Gasteiger partial charge in [-0.15, -0.1) is 0 Å². The number of hydrogen-bond acceptors (Lipinski definition) is 5. The van der Waals surface area contributed by atoms with E-state index in [9.17, 15) is 9.18 Å². The smallest absolute Gasteiger partial charge is 0.252 e. The highest BCUT2D eigenvalue weighted by molar-refractivity contribution is 14.1. The number of amides is 1. The van der Waals surface area contributed by atoms with Crippen molar-refractivity contribution in [3.63, 3.8) is 0 Å². The molecule has 0 bridgehead atoms. The average molecular weight is 480 g/mol. The van der Waals surface area contributed by atoms with Gasteiger partial charge in [0.15, 0.2) is 0 Å². The summed E-state index contributed by atoms with van der Waals surface area (Å²) in [6.45, 7) is 1.51. The van der Waals surface area contributed by atoms with Gasteiger partial charge in [-0.05, 0) is 23.3 Å². The third-order valence-electron chi connectivity index (χ3n) is 3.77. The van der Waals surface area contributed by atoms with Crippen LogP contribution < -0.4 is 11.1 Å². The highest BCUT2D eigenvalue weighted by atomic mass is 127. The van der Waals surface area contributed by atoms with E-state index in [0.717, 1.165) is 29.1 Å². The number of pyridine rings is 1. The lowest BCUT2D eigenvalue weighted by atomic mass is 10.2. The zero-order chi connectivity index (χ0) is 19.2. The number of rotatable bonds is 7. The van der Waals surface area contributed by atoms with Crippen molar-refractivity contribution in [2.45, 2.75) is 6.61 Å². The number of nitrogens with zero attached hydrogens (tertiary/aromatic N) is 2. The molecular weight excluding hydrogens is 462 g/mol. The van der Waals surface area contributed by atoms with Crippen LogP contribution in [0.15, 0.2) is 66.1 Å². The van der Waals surface area contributed by atoms with Crippen LogP contribution in [0.25, 0.3) is 0 Å². The maximum atomic E-state index is 13.3. The Kier molecular flexibility index (Phi) is 6.40. The molecule has 6 nitrogen and oxygen atoms in total. The Morgan fingerprint density at radius 2 is 2.11 bits per heavy atom. The van der Waals surface area contributed by atoms with Crippen molar-refractivity contribution in [1.82, 2.24) is 8.10 Å². The van der Waals surface area contributed by atoms with Crippen LogP contribution in [0, 0.1) is 5.82 Å². The van der Waals surface area contributed by atoms with E-state index in [1.165, 1.54) is 0 Å². The summed E-state index contributed by atoms with van der Waals surface area (Å²) in [4.78, 5) is 15.5. The second-order valence-corrected chi connectivity index (χ2v) is 7.19. The first-order valence-electron chi connectivity index (χ1n) is 8.19. The SMILES string of the molecule is NC(=O)c1cc(F)cnc1NC1=CC(COCc2ccccc2)=CN(I)C1. The molecule has 0 saturated heterocycles. The molecule has 1 aliphatic heterocycles. The maximum absolute atomic E-state index is 13.3. The van der Waals surface area contributed by atoms with Gasteiger partial charge in [-0.2, -0.15) is 0 Å². The van der Waals surface area contributed by atoms with Crippen molar-refractivity contribution in [3.05, 3.63) is 83.1 Å². The zero-order valence-electron chi connectivity index (χ0n) is 14.4. The number of carbonyl (C=O) groups is 1. The van der Waals surface area contributed by atoms with Gasteiger partial charge in [0, 0.05) is 11.9 Å². The highest BCUT2D eigenvalue weighted by Gasteiger charge is 2.16. The molecule has 0 radical (unpaired) electrons. The minimum atomic E-state index is -0.741. The van der Waals surface area contributed by atoms with Gasteiger partial charge < -0.3 is 18.9 Å². The van der Waals surface area contributed by atoms with Gasteiger partial charge in [-0.1, -0.05) is 30.3 Å². The molecule has 2 heterocycles. The lowest BCUT2D eigenvalue weighted by molar-refractivity contribution is 0.100. The van der Waals surface area contributed by atoms with E-state index < -0.39 is 11.7 Å². The topological polar surface area (TPSA) is 80.5 Å². The number of nitrogens with one attached hydrogen (secondary N) is 1. The van der Waals surface area contributed by atoms with E-state index in [2.05, 4.69) is 33.2 Å². The second-order valence-electron chi connectivity index (χ2n) is 5.95. The van der Waals surface area contributed by atoms with Crippen LogP contribution in [0.2, 0.25) is 0 Å². The Morgan fingerprint density at radius 3 is 2.85 bits per heavy atom. The van der Waals surface area contributed by atoms with Gasteiger partial charge in [0.1, 0.15) is 11.6 Å². The normalized spacial score (nSPS) is 13.8. The molecule has 3 rings (SSSR count). The van der Waals surface area contributed by atoms with Crippen molar-refractivity contribution in [2.24, 2.45) is 5.73 Å². The monoisotopic (exact) mass is 480 g/mol. The molecule has 2 aromatic rings. The van der Waals surface area contributed by atoms with E-state index in [0.29, 0.717) is 19.8 Å². The number of anilines is 1. The zero-order valence-corrected chi connectivity index (χ0v) is 16.5. The Hall–Kier alpha value is -2.46. The van der Waals surface area contributed by atoms with Crippen LogP contribution >= 0.6 is 22.9 Å². The Bertz CT molecular complexity index is 887. The fourth-order valence-electron chi connectivity index (χ4n) is 2.59. The second kappa shape index (κ2) is 8.96. The standard InChI is InChI=1S/C19H18FIN4O2/c20-15-7-17(18(22)26)19(23-8-15)24-16-6-14(9-25(21)10-16)12-27-11-13-4-2-1-3-5-13/h1-9H,10-12H2,(H2,22,26)(H,23,24). The molecule has 0 atom stereocenters. The number of aromatic nitrogens is 1. The molecule has 8 heteroatoms. The van der Waals surface area contributed by atoms with Crippen molar-refractivity contribution in [3.8, 4) is 0 Å². The number of carbonyl (C=O) groups excluding carboxylic acids is 1. The van der Waals surface area contributed by atoms with Crippen LogP contribution in [0.1, 0.15) is 15.9 Å². The summed E-state index contributed by atoms with van der Waals surface area (Å²) in [6, 6.07) is 11.0. The predicted octanol–water partition coefficient (Wildman–Crippen LogP) is 3.38. The fourth-order valence-corrected chi connectivity index (χ4v) is 3.31. The van der Waals surface area contributed by atoms with Crippen molar-refractivity contribution >= 4 is 34.6 Å². The van der Waals surface area contributed by atoms with E-state index in [1.807, 2.05) is 45.7 Å². The summed E-state index contributed by atoms with van der Waals surface area (Å²) in [5, 5.41) is 3.07. The van der Waals surface area contributed by atoms with Gasteiger partial charge in [0.25, 0.3) is 5.91 Å². The summed E-state index contributed by atoms with van der Waals surface area (Å²) in [5.41, 5.74) is 8.18. The third kappa shape index (κ3) is 5.51. The van der Waals surface area contributed by atoms with E-state index in [4.69, 9.17) is 10.5 Å². The summed E-state index contributed by atoms with van der Waals surface area (Å²) in [6.07, 6.45) is 4.94. The van der Waals surface area contributed by atoms with Crippen LogP contribution in [0.4, 0.5) is 10.2 Å². The van der Waals surface area contributed by atoms with Crippen molar-refractivity contribution in [2.75, 3.05) is 18.5 Å². The van der Waals surface area contributed by atoms with Gasteiger partial charge in [0.05, 0.1) is 54.4 Å². The number of nitrogens with two attached hydrogens (primary N) is 1. The first-order chi connectivity index (χ1) is 13.0. The highest BCUT2D eigenvalue weighted by Crippen LogP contribution is 2.21. The molecular formula is C19H18FIN4O2. The average Bonchev–Trinajstić information content (AvgIpc) is 2.63. The summed E-state index contributed by atoms with van der Waals surface area (Å²) >= 11 is 2.17. The van der Waals surface area contributed by atoms with E-state index in [1.54, 1.807) is 0 Å². The van der Waals surface area contributed by atoms with Crippen molar-refractivity contribution in [1.29, 1.82) is 0 Å². The molecule has 1 aromatic carbocycles. The van der Waals surface area contributed by atoms with Crippen LogP contribution in [0.5, 0.6) is 0 Å². The van der Waals surface area contributed by atoms with Crippen LogP contribution in [0.3, 0.4) is 0 Å². The van der Waals surface area contributed by atoms with Gasteiger partial charge in [-0.3, -0.25) is 4.79 Å². The molecule has 3 N–H and O–H groups in total. The maximum Gasteiger partial charge on any atom is 0.252 e. The summed E-state index contributed by atoms with van der Waals surface area (Å²) in [5.74, 6) is -1.13. The molecule has 0 fully saturated rings. The minimum absolute atomic E-state index is 0.00680. The van der Waals surface area contributed by atoms with Gasteiger partial charge in [0.2, 0.25) is 0 Å². The quantitative estimate of drug-likeness (QED) is 0.470.